The van der Waals surface area contributed by atoms with Gasteiger partial charge in [0.05, 0.1) is 5.56 Å². The number of hydrogen-bond acceptors (Lipinski definition) is 5. The summed E-state index contributed by atoms with van der Waals surface area (Å²) in [5.41, 5.74) is 4.18. The molecule has 0 aliphatic heterocycles. The zero-order valence-corrected chi connectivity index (χ0v) is 14.1. The number of nitrogens with one attached hydrogen (secondary N) is 1. The number of ketones is 1. The highest BCUT2D eigenvalue weighted by atomic mass is 16.5. The Kier molecular flexibility index (Phi) is 4.11. The predicted octanol–water partition coefficient (Wildman–Crippen LogP) is 2.81. The van der Waals surface area contributed by atoms with Crippen LogP contribution in [0.15, 0.2) is 65.8 Å². The lowest BCUT2D eigenvalue weighted by molar-refractivity contribution is -0.123. The number of hydrazone groups is 1. The molecule has 4 rings (SSSR count). The average Bonchev–Trinajstić information content (AvgIpc) is 2.98. The second-order valence-corrected chi connectivity index (χ2v) is 5.93. The molecule has 3 aromatic rings. The first-order chi connectivity index (χ1) is 13.2. The fourth-order valence-corrected chi connectivity index (χ4v) is 3.07. The Balaban J connectivity index is 1.51. The highest BCUT2D eigenvalue weighted by molar-refractivity contribution is 6.59. The van der Waals surface area contributed by atoms with E-state index in [-0.39, 0.29) is 18.1 Å². The van der Waals surface area contributed by atoms with E-state index in [1.807, 2.05) is 30.3 Å². The number of carbonyl (C=O) groups is 2. The van der Waals surface area contributed by atoms with Gasteiger partial charge in [-0.25, -0.2) is 5.43 Å². The number of hydrogen-bond donors (Lipinski definition) is 1. The van der Waals surface area contributed by atoms with E-state index in [0.29, 0.717) is 22.4 Å². The van der Waals surface area contributed by atoms with Gasteiger partial charge in [-0.3, -0.25) is 9.59 Å². The summed E-state index contributed by atoms with van der Waals surface area (Å²) in [6.07, 6.45) is 0. The van der Waals surface area contributed by atoms with E-state index in [0.717, 1.165) is 10.8 Å². The van der Waals surface area contributed by atoms with E-state index < -0.39 is 5.91 Å². The van der Waals surface area contributed by atoms with Crippen LogP contribution in [0.5, 0.6) is 5.75 Å². The molecule has 0 fully saturated rings. The van der Waals surface area contributed by atoms with Crippen molar-refractivity contribution < 1.29 is 14.3 Å². The number of Topliss-reactive ketones (excluding diaryl/α,β-unsaturated/α-hetero) is 1. The molecule has 0 atom stereocenters. The van der Waals surface area contributed by atoms with Crippen LogP contribution in [0.3, 0.4) is 0 Å². The molecule has 6 heteroatoms. The molecular formula is C21H13N3O3. The van der Waals surface area contributed by atoms with Crippen molar-refractivity contribution >= 4 is 28.2 Å². The zero-order chi connectivity index (χ0) is 18.8. The molecule has 6 nitrogen and oxygen atoms in total. The number of nitriles is 1. The van der Waals surface area contributed by atoms with Crippen LogP contribution in [-0.2, 0) is 4.79 Å². The Morgan fingerprint density at radius 2 is 1.78 bits per heavy atom. The topological polar surface area (TPSA) is 91.5 Å². The van der Waals surface area contributed by atoms with Gasteiger partial charge in [-0.05, 0) is 17.5 Å². The Labute approximate surface area is 154 Å². The molecule has 3 aromatic carbocycles. The zero-order valence-electron chi connectivity index (χ0n) is 14.1. The third-order valence-corrected chi connectivity index (χ3v) is 4.28. The van der Waals surface area contributed by atoms with Crippen LogP contribution in [0.25, 0.3) is 10.8 Å². The molecule has 0 saturated heterocycles. The van der Waals surface area contributed by atoms with Gasteiger partial charge in [-0.2, -0.15) is 10.4 Å². The first kappa shape index (κ1) is 16.5. The van der Waals surface area contributed by atoms with Crippen molar-refractivity contribution in [3.05, 3.63) is 77.4 Å². The minimum atomic E-state index is -0.522. The quantitative estimate of drug-likeness (QED) is 0.729. The molecule has 27 heavy (non-hydrogen) atoms. The maximum atomic E-state index is 12.6. The fraction of sp³-hybridized carbons (Fsp3) is 0.0476. The molecule has 1 aliphatic rings. The molecule has 0 radical (unpaired) electrons. The Morgan fingerprint density at radius 1 is 1.04 bits per heavy atom. The van der Waals surface area contributed by atoms with Crippen molar-refractivity contribution in [2.24, 2.45) is 5.10 Å². The Hall–Kier alpha value is -3.98. The number of nitrogens with zero attached hydrogens (tertiary/aromatic N) is 2. The summed E-state index contributed by atoms with van der Waals surface area (Å²) in [6, 6.07) is 19.7. The number of amides is 1. The second-order valence-electron chi connectivity index (χ2n) is 5.93. The first-order valence-corrected chi connectivity index (χ1v) is 8.24. The number of benzene rings is 3. The summed E-state index contributed by atoms with van der Waals surface area (Å²) < 4.78 is 5.36. The maximum absolute atomic E-state index is 12.6. The minimum absolute atomic E-state index is 0.201. The van der Waals surface area contributed by atoms with Gasteiger partial charge in [-0.1, -0.05) is 48.5 Å². The number of ether oxygens (including phenoxy) is 1. The summed E-state index contributed by atoms with van der Waals surface area (Å²) in [6.45, 7) is -0.319. The van der Waals surface area contributed by atoms with Gasteiger partial charge in [0.1, 0.15) is 17.5 Å². The Morgan fingerprint density at radius 3 is 2.56 bits per heavy atom. The lowest BCUT2D eigenvalue weighted by Gasteiger charge is -2.06. The molecule has 0 spiro atoms. The molecule has 0 saturated carbocycles. The normalized spacial score (nSPS) is 13.6. The summed E-state index contributed by atoms with van der Waals surface area (Å²) in [4.78, 5) is 24.7. The van der Waals surface area contributed by atoms with Crippen LogP contribution < -0.4 is 10.2 Å². The highest BCUT2D eigenvalue weighted by Crippen LogP contribution is 2.30. The van der Waals surface area contributed by atoms with Gasteiger partial charge in [0.25, 0.3) is 5.91 Å². The van der Waals surface area contributed by atoms with Crippen LogP contribution in [0.2, 0.25) is 0 Å². The molecule has 130 valence electrons. The van der Waals surface area contributed by atoms with E-state index in [1.165, 1.54) is 0 Å². The van der Waals surface area contributed by atoms with Crippen molar-refractivity contribution in [1.29, 1.82) is 5.26 Å². The van der Waals surface area contributed by atoms with Crippen LogP contribution in [-0.4, -0.2) is 24.0 Å². The van der Waals surface area contributed by atoms with Gasteiger partial charge in [-0.15, -0.1) is 0 Å². The predicted molar refractivity (Wildman–Crippen MR) is 99.6 cm³/mol. The lowest BCUT2D eigenvalue weighted by atomic mass is 10.1. The SMILES string of the molecule is N#Cc1ccccc1OCC(=O)N/N=C1/C(=O)c2cccc3cccc1c23. The molecule has 0 bridgehead atoms. The summed E-state index contributed by atoms with van der Waals surface area (Å²) in [7, 11) is 0. The lowest BCUT2D eigenvalue weighted by Crippen LogP contribution is -2.27. The van der Waals surface area contributed by atoms with Crippen molar-refractivity contribution in [2.75, 3.05) is 6.61 Å². The van der Waals surface area contributed by atoms with E-state index in [1.54, 1.807) is 36.4 Å². The summed E-state index contributed by atoms with van der Waals surface area (Å²) in [5, 5.41) is 14.8. The highest BCUT2D eigenvalue weighted by Gasteiger charge is 2.28. The standard InChI is InChI=1S/C21H13N3O3/c22-11-14-5-1-2-10-17(14)27-12-18(25)23-24-20-15-8-3-6-13-7-4-9-16(19(13)15)21(20)26/h1-10H,12H2,(H,23,25)/b24-20+. The maximum Gasteiger partial charge on any atom is 0.277 e. The molecule has 1 aliphatic carbocycles. The largest absolute Gasteiger partial charge is 0.482 e. The Bertz CT molecular complexity index is 1150. The summed E-state index contributed by atoms with van der Waals surface area (Å²) in [5.74, 6) is -0.430. The van der Waals surface area contributed by atoms with E-state index in [9.17, 15) is 9.59 Å². The van der Waals surface area contributed by atoms with Crippen LogP contribution in [0.1, 0.15) is 21.5 Å². The third kappa shape index (κ3) is 2.92. The molecule has 0 unspecified atom stereocenters. The van der Waals surface area contributed by atoms with Crippen LogP contribution in [0.4, 0.5) is 0 Å². The molecule has 0 aromatic heterocycles. The number of rotatable bonds is 4. The van der Waals surface area contributed by atoms with E-state index in [4.69, 9.17) is 10.00 Å². The van der Waals surface area contributed by atoms with Gasteiger partial charge in [0, 0.05) is 16.5 Å². The van der Waals surface area contributed by atoms with Gasteiger partial charge in [0.2, 0.25) is 5.78 Å². The van der Waals surface area contributed by atoms with E-state index in [2.05, 4.69) is 10.5 Å². The molecule has 0 heterocycles. The monoisotopic (exact) mass is 355 g/mol. The van der Waals surface area contributed by atoms with Crippen LogP contribution >= 0.6 is 0 Å². The number of carbonyl (C=O) groups excluding carboxylic acids is 2. The molecule has 1 N–H and O–H groups in total. The van der Waals surface area contributed by atoms with Crippen molar-refractivity contribution in [1.82, 2.24) is 5.43 Å². The van der Waals surface area contributed by atoms with Crippen molar-refractivity contribution in [3.8, 4) is 11.8 Å². The summed E-state index contributed by atoms with van der Waals surface area (Å²) >= 11 is 0. The van der Waals surface area contributed by atoms with Gasteiger partial charge < -0.3 is 4.74 Å². The van der Waals surface area contributed by atoms with Gasteiger partial charge >= 0.3 is 0 Å². The third-order valence-electron chi connectivity index (χ3n) is 4.28. The van der Waals surface area contributed by atoms with E-state index >= 15 is 0 Å². The molecular weight excluding hydrogens is 342 g/mol. The van der Waals surface area contributed by atoms with Crippen LogP contribution in [0, 0.1) is 11.3 Å². The first-order valence-electron chi connectivity index (χ1n) is 8.24. The molecule has 1 amide bonds. The van der Waals surface area contributed by atoms with Crippen molar-refractivity contribution in [3.63, 3.8) is 0 Å². The van der Waals surface area contributed by atoms with Gasteiger partial charge in [0.15, 0.2) is 6.61 Å². The average molecular weight is 355 g/mol. The second kappa shape index (κ2) is 6.73. The van der Waals surface area contributed by atoms with Crippen molar-refractivity contribution in [2.45, 2.75) is 0 Å². The minimum Gasteiger partial charge on any atom is -0.482 e. The fourth-order valence-electron chi connectivity index (χ4n) is 3.07. The smallest absolute Gasteiger partial charge is 0.277 e. The number of para-hydroxylation sites is 1.